The van der Waals surface area contributed by atoms with Crippen LogP contribution in [0.5, 0.6) is 0 Å². The summed E-state index contributed by atoms with van der Waals surface area (Å²) in [6, 6.07) is 13.5. The Morgan fingerprint density at radius 3 is 1.46 bits per heavy atom. The van der Waals surface area contributed by atoms with Crippen molar-refractivity contribution in [3.63, 3.8) is 0 Å². The van der Waals surface area contributed by atoms with Gasteiger partial charge in [-0.3, -0.25) is 0 Å². The molecule has 1 aromatic carbocycles. The van der Waals surface area contributed by atoms with Crippen LogP contribution in [0.25, 0.3) is 55.5 Å². The first-order valence-corrected chi connectivity index (χ1v) is 17.5. The number of allylic oxidation sites excluding steroid dienone is 4. The minimum atomic E-state index is 0.521. The molecule has 4 nitrogen and oxygen atoms in total. The molecule has 0 unspecified atom stereocenters. The molecule has 0 fully saturated rings. The predicted octanol–water partition coefficient (Wildman–Crippen LogP) is 11.5. The maximum absolute atomic E-state index is 6.51. The van der Waals surface area contributed by atoms with E-state index < -0.39 is 0 Å². The second-order valence-electron chi connectivity index (χ2n) is 12.8. The van der Waals surface area contributed by atoms with Crippen LogP contribution in [-0.4, -0.2) is 25.8 Å². The third-order valence-electron chi connectivity index (χ3n) is 10.3. The second kappa shape index (κ2) is 12.7. The normalized spacial score (nSPS) is 13.3. The van der Waals surface area contributed by atoms with E-state index in [1.165, 1.54) is 72.3 Å². The number of aromatic nitrogens is 4. The van der Waals surface area contributed by atoms with E-state index in [0.29, 0.717) is 5.88 Å². The van der Waals surface area contributed by atoms with Gasteiger partial charge in [0.05, 0.1) is 33.8 Å². The van der Waals surface area contributed by atoms with Gasteiger partial charge in [0, 0.05) is 28.0 Å². The van der Waals surface area contributed by atoms with Crippen LogP contribution in [0, 0.1) is 20.8 Å². The van der Waals surface area contributed by atoms with Crippen molar-refractivity contribution in [2.24, 2.45) is 0 Å². The summed E-state index contributed by atoms with van der Waals surface area (Å²) in [5, 5.41) is 0. The van der Waals surface area contributed by atoms with Crippen molar-refractivity contribution < 1.29 is 0 Å². The first-order chi connectivity index (χ1) is 22.2. The molecular weight excluding hydrogens is 584 g/mol. The summed E-state index contributed by atoms with van der Waals surface area (Å²) in [4.78, 5) is 18.7. The van der Waals surface area contributed by atoms with Crippen LogP contribution in [0.2, 0.25) is 0 Å². The molecule has 0 amide bonds. The highest BCUT2D eigenvalue weighted by atomic mass is 35.5. The lowest BCUT2D eigenvalue weighted by Gasteiger charge is -2.10. The van der Waals surface area contributed by atoms with Crippen molar-refractivity contribution in [3.05, 3.63) is 92.6 Å². The lowest BCUT2D eigenvalue weighted by atomic mass is 9.94. The Morgan fingerprint density at radius 2 is 1.07 bits per heavy atom. The highest BCUT2D eigenvalue weighted by Gasteiger charge is 2.26. The summed E-state index contributed by atoms with van der Waals surface area (Å²) in [5.74, 6) is 0.521. The summed E-state index contributed by atoms with van der Waals surface area (Å²) in [5.41, 5.74) is 23.8. The number of hydrogen-bond donors (Lipinski definition) is 2. The number of nitrogens with zero attached hydrogens (tertiary/aromatic N) is 2. The Balaban J connectivity index is 1.92. The minimum absolute atomic E-state index is 0.521. The van der Waals surface area contributed by atoms with Crippen molar-refractivity contribution in [3.8, 4) is 11.1 Å². The van der Waals surface area contributed by atoms with Crippen molar-refractivity contribution in [1.82, 2.24) is 19.9 Å². The molecule has 5 heteroatoms. The lowest BCUT2D eigenvalue weighted by Crippen LogP contribution is -2.00. The fraction of sp³-hybridized carbons (Fsp3) is 0.366. The zero-order valence-electron chi connectivity index (χ0n) is 29.0. The fourth-order valence-electron chi connectivity index (χ4n) is 7.61. The van der Waals surface area contributed by atoms with Crippen LogP contribution in [0.1, 0.15) is 111 Å². The number of halogens is 1. The van der Waals surface area contributed by atoms with Gasteiger partial charge in [0.15, 0.2) is 0 Å². The number of fused-ring (bicyclic) bond motifs is 8. The van der Waals surface area contributed by atoms with E-state index in [9.17, 15) is 0 Å². The maximum atomic E-state index is 6.51. The van der Waals surface area contributed by atoms with Crippen molar-refractivity contribution in [1.29, 1.82) is 0 Å². The smallest absolute Gasteiger partial charge is 0.0726 e. The van der Waals surface area contributed by atoms with Crippen LogP contribution in [0.3, 0.4) is 0 Å². The summed E-state index contributed by atoms with van der Waals surface area (Å²) in [6.07, 6.45) is 4.37. The fourth-order valence-corrected chi connectivity index (χ4v) is 7.80. The monoisotopic (exact) mass is 630 g/mol. The molecule has 2 N–H and O–H groups in total. The summed E-state index contributed by atoms with van der Waals surface area (Å²) in [6.45, 7) is 20.1. The third-order valence-corrected chi connectivity index (χ3v) is 10.5. The van der Waals surface area contributed by atoms with Crippen molar-refractivity contribution >= 4 is 56.0 Å². The number of nitrogens with one attached hydrogen (secondary N) is 2. The van der Waals surface area contributed by atoms with Gasteiger partial charge in [0.25, 0.3) is 0 Å². The van der Waals surface area contributed by atoms with Gasteiger partial charge in [-0.2, -0.15) is 0 Å². The number of H-pyrrole nitrogens is 2. The zero-order chi connectivity index (χ0) is 32.9. The van der Waals surface area contributed by atoms with E-state index >= 15 is 0 Å². The molecule has 4 aromatic rings. The molecule has 3 aromatic heterocycles. The standard InChI is InChI=1S/C41H47ClN4/c1-10-28-23(6)33-20-35-25(8)30(12-3)40(45-35)37(27-16-14-22(5)15-17-27)41-31(13-4)26(9)36(46-41)21-34-24(7)29(11-2)39(44-34)32(18-19-42)38(28)43-33/h14-17,20-21,45-46H,10-13,18-19H2,1-9H3. The predicted molar refractivity (Wildman–Crippen MR) is 199 cm³/mol. The van der Waals surface area contributed by atoms with E-state index in [1.807, 2.05) is 0 Å². The molecule has 0 saturated carbocycles. The highest BCUT2D eigenvalue weighted by Crippen LogP contribution is 2.41. The van der Waals surface area contributed by atoms with E-state index in [1.54, 1.807) is 0 Å². The minimum Gasteiger partial charge on any atom is -0.354 e. The molecule has 46 heavy (non-hydrogen) atoms. The Hall–Kier alpha value is -3.89. The van der Waals surface area contributed by atoms with Crippen LogP contribution >= 0.6 is 11.6 Å². The molecule has 238 valence electrons. The SMILES string of the molecule is CCC1=C(C)c2cc3[nH]c(c(CC)c3C)c(-c3ccc(C)cc3)c3[nH]c(cc4nc(c(CCCl)c1n2)C(CC)=C4C)c(C)c3CC. The number of rotatable bonds is 7. The number of hydrogen-bond acceptors (Lipinski definition) is 2. The topological polar surface area (TPSA) is 57.4 Å². The van der Waals surface area contributed by atoms with Gasteiger partial charge < -0.3 is 9.97 Å². The molecule has 0 spiro atoms. The Bertz CT molecular complexity index is 1960. The van der Waals surface area contributed by atoms with Gasteiger partial charge >= 0.3 is 0 Å². The molecular formula is C41H47ClN4. The molecule has 0 radical (unpaired) electrons. The van der Waals surface area contributed by atoms with E-state index in [-0.39, 0.29) is 0 Å². The first-order valence-electron chi connectivity index (χ1n) is 17.0. The Labute approximate surface area is 279 Å². The number of aryl methyl sites for hydroxylation is 5. The molecule has 2 aliphatic rings. The van der Waals surface area contributed by atoms with Crippen molar-refractivity contribution in [2.75, 3.05) is 5.88 Å². The zero-order valence-corrected chi connectivity index (χ0v) is 29.7. The largest absolute Gasteiger partial charge is 0.354 e. The Morgan fingerprint density at radius 1 is 0.609 bits per heavy atom. The summed E-state index contributed by atoms with van der Waals surface area (Å²) in [7, 11) is 0. The summed E-state index contributed by atoms with van der Waals surface area (Å²) >= 11 is 6.51. The van der Waals surface area contributed by atoms with Gasteiger partial charge in [0.1, 0.15) is 0 Å². The number of alkyl halides is 1. The van der Waals surface area contributed by atoms with Crippen LogP contribution in [-0.2, 0) is 19.3 Å². The van der Waals surface area contributed by atoms with E-state index in [2.05, 4.69) is 109 Å². The molecule has 8 bridgehead atoms. The molecule has 0 aliphatic carbocycles. The van der Waals surface area contributed by atoms with Gasteiger partial charge in [-0.05, 0) is 129 Å². The number of aromatic amines is 2. The lowest BCUT2D eigenvalue weighted by molar-refractivity contribution is 1.05. The van der Waals surface area contributed by atoms with Crippen LogP contribution in [0.4, 0.5) is 0 Å². The van der Waals surface area contributed by atoms with E-state index in [0.717, 1.165) is 71.5 Å². The summed E-state index contributed by atoms with van der Waals surface area (Å²) < 4.78 is 0. The number of benzene rings is 1. The second-order valence-corrected chi connectivity index (χ2v) is 13.2. The average Bonchev–Trinajstić information content (AvgIpc) is 3.73. The average molecular weight is 631 g/mol. The maximum Gasteiger partial charge on any atom is 0.0726 e. The molecule has 2 aliphatic heterocycles. The van der Waals surface area contributed by atoms with E-state index in [4.69, 9.17) is 21.6 Å². The van der Waals surface area contributed by atoms with Gasteiger partial charge in [-0.25, -0.2) is 9.97 Å². The molecule has 0 atom stereocenters. The van der Waals surface area contributed by atoms with Crippen LogP contribution < -0.4 is 0 Å². The van der Waals surface area contributed by atoms with Gasteiger partial charge in [-0.1, -0.05) is 57.5 Å². The molecule has 5 heterocycles. The van der Waals surface area contributed by atoms with Gasteiger partial charge in [-0.15, -0.1) is 11.6 Å². The van der Waals surface area contributed by atoms with Gasteiger partial charge in [0.2, 0.25) is 0 Å². The molecule has 0 saturated heterocycles. The quantitative estimate of drug-likeness (QED) is 0.200. The highest BCUT2D eigenvalue weighted by molar-refractivity contribution is 6.18. The molecule has 6 rings (SSSR count). The Kier molecular flexibility index (Phi) is 8.87. The van der Waals surface area contributed by atoms with Crippen molar-refractivity contribution in [2.45, 2.75) is 94.4 Å². The first kappa shape index (κ1) is 32.1. The third kappa shape index (κ3) is 5.15. The van der Waals surface area contributed by atoms with Crippen LogP contribution in [0.15, 0.2) is 36.4 Å².